The quantitative estimate of drug-likeness (QED) is 0.822. The van der Waals surface area contributed by atoms with Crippen LogP contribution in [0.25, 0.3) is 11.1 Å². The number of nitrogens with zero attached hydrogens (tertiary/aromatic N) is 1. The first-order valence-corrected chi connectivity index (χ1v) is 8.35. The molecular weight excluding hydrogens is 272 g/mol. The lowest BCUT2D eigenvalue weighted by Gasteiger charge is -2.04. The molecule has 5 heteroatoms. The van der Waals surface area contributed by atoms with Gasteiger partial charge in [-0.25, -0.2) is 4.98 Å². The van der Waals surface area contributed by atoms with Crippen LogP contribution in [0.5, 0.6) is 0 Å². The van der Waals surface area contributed by atoms with Crippen LogP contribution in [0.1, 0.15) is 37.5 Å². The van der Waals surface area contributed by atoms with E-state index in [0.29, 0.717) is 12.3 Å². The molecule has 0 radical (unpaired) electrons. The molecule has 0 spiro atoms. The number of hydrogen-bond acceptors (Lipinski definition) is 4. The molecule has 1 N–H and O–H groups in total. The number of benzene rings is 1. The van der Waals surface area contributed by atoms with Gasteiger partial charge in [-0.05, 0) is 43.4 Å². The molecule has 1 amide bonds. The highest BCUT2D eigenvalue weighted by atomic mass is 32.2. The Hall–Kier alpha value is -1.49. The molecule has 20 heavy (non-hydrogen) atoms. The SMILES string of the molecule is CSCCCC(=O)Nc1ccc2nc(C3CC3)oc2c1. The van der Waals surface area contributed by atoms with Gasteiger partial charge in [-0.2, -0.15) is 11.8 Å². The molecule has 0 atom stereocenters. The summed E-state index contributed by atoms with van der Waals surface area (Å²) in [5.41, 5.74) is 2.41. The summed E-state index contributed by atoms with van der Waals surface area (Å²) in [6.07, 6.45) is 5.86. The van der Waals surface area contributed by atoms with Gasteiger partial charge in [0.25, 0.3) is 0 Å². The van der Waals surface area contributed by atoms with Crippen molar-refractivity contribution in [3.05, 3.63) is 24.1 Å². The predicted molar refractivity (Wildman–Crippen MR) is 82.2 cm³/mol. The van der Waals surface area contributed by atoms with E-state index in [2.05, 4.69) is 10.3 Å². The Morgan fingerprint density at radius 2 is 2.35 bits per heavy atom. The molecule has 0 saturated heterocycles. The van der Waals surface area contributed by atoms with E-state index in [-0.39, 0.29) is 5.91 Å². The van der Waals surface area contributed by atoms with Crippen molar-refractivity contribution in [2.45, 2.75) is 31.6 Å². The van der Waals surface area contributed by atoms with Crippen LogP contribution in [0, 0.1) is 0 Å². The molecule has 1 fully saturated rings. The van der Waals surface area contributed by atoms with Gasteiger partial charge < -0.3 is 9.73 Å². The first kappa shape index (κ1) is 13.5. The number of thioether (sulfide) groups is 1. The van der Waals surface area contributed by atoms with E-state index >= 15 is 0 Å². The topological polar surface area (TPSA) is 55.1 Å². The van der Waals surface area contributed by atoms with Crippen molar-refractivity contribution in [2.75, 3.05) is 17.3 Å². The van der Waals surface area contributed by atoms with E-state index in [4.69, 9.17) is 4.42 Å². The Morgan fingerprint density at radius 1 is 1.50 bits per heavy atom. The minimum atomic E-state index is 0.0559. The highest BCUT2D eigenvalue weighted by Crippen LogP contribution is 2.40. The fourth-order valence-electron chi connectivity index (χ4n) is 2.13. The fourth-order valence-corrected chi connectivity index (χ4v) is 2.56. The Balaban J connectivity index is 1.67. The number of oxazole rings is 1. The average molecular weight is 290 g/mol. The molecule has 0 aliphatic heterocycles. The van der Waals surface area contributed by atoms with Crippen molar-refractivity contribution in [1.29, 1.82) is 0 Å². The number of carbonyl (C=O) groups excluding carboxylic acids is 1. The van der Waals surface area contributed by atoms with Crippen molar-refractivity contribution in [3.8, 4) is 0 Å². The zero-order valence-corrected chi connectivity index (χ0v) is 12.3. The number of anilines is 1. The van der Waals surface area contributed by atoms with Crippen LogP contribution < -0.4 is 5.32 Å². The lowest BCUT2D eigenvalue weighted by atomic mass is 10.2. The number of fused-ring (bicyclic) bond motifs is 1. The minimum Gasteiger partial charge on any atom is -0.440 e. The predicted octanol–water partition coefficient (Wildman–Crippen LogP) is 3.79. The van der Waals surface area contributed by atoms with E-state index < -0.39 is 0 Å². The van der Waals surface area contributed by atoms with Gasteiger partial charge >= 0.3 is 0 Å². The maximum atomic E-state index is 11.8. The third-order valence-electron chi connectivity index (χ3n) is 3.37. The first-order valence-electron chi connectivity index (χ1n) is 6.95. The Kier molecular flexibility index (Phi) is 3.96. The smallest absolute Gasteiger partial charge is 0.224 e. The number of amides is 1. The van der Waals surface area contributed by atoms with Crippen LogP contribution in [-0.2, 0) is 4.79 Å². The average Bonchev–Trinajstić information content (AvgIpc) is 3.19. The van der Waals surface area contributed by atoms with Gasteiger partial charge in [-0.3, -0.25) is 4.79 Å². The molecule has 1 heterocycles. The van der Waals surface area contributed by atoms with Gasteiger partial charge in [0, 0.05) is 24.1 Å². The number of carbonyl (C=O) groups is 1. The Morgan fingerprint density at radius 3 is 3.10 bits per heavy atom. The van der Waals surface area contributed by atoms with Crippen LogP contribution in [0.3, 0.4) is 0 Å². The third kappa shape index (κ3) is 3.15. The van der Waals surface area contributed by atoms with Crippen molar-refractivity contribution < 1.29 is 9.21 Å². The summed E-state index contributed by atoms with van der Waals surface area (Å²) >= 11 is 1.76. The van der Waals surface area contributed by atoms with Crippen molar-refractivity contribution in [2.24, 2.45) is 0 Å². The Bertz CT molecular complexity index is 619. The Labute approximate surface area is 122 Å². The molecule has 1 aromatic heterocycles. The van der Waals surface area contributed by atoms with Gasteiger partial charge in [0.2, 0.25) is 5.91 Å². The molecule has 1 aromatic carbocycles. The number of rotatable bonds is 6. The van der Waals surface area contributed by atoms with Crippen LogP contribution in [0.2, 0.25) is 0 Å². The molecule has 1 aliphatic rings. The summed E-state index contributed by atoms with van der Waals surface area (Å²) in [5, 5.41) is 2.91. The third-order valence-corrected chi connectivity index (χ3v) is 4.06. The second-order valence-corrected chi connectivity index (χ2v) is 6.14. The second-order valence-electron chi connectivity index (χ2n) is 5.15. The summed E-state index contributed by atoms with van der Waals surface area (Å²) in [7, 11) is 0. The van der Waals surface area contributed by atoms with Crippen LogP contribution in [-0.4, -0.2) is 22.9 Å². The van der Waals surface area contributed by atoms with Crippen LogP contribution >= 0.6 is 11.8 Å². The maximum Gasteiger partial charge on any atom is 0.224 e. The van der Waals surface area contributed by atoms with Gasteiger partial charge in [0.05, 0.1) is 0 Å². The molecule has 0 bridgehead atoms. The molecule has 3 rings (SSSR count). The minimum absolute atomic E-state index is 0.0559. The van der Waals surface area contributed by atoms with Crippen molar-refractivity contribution >= 4 is 34.5 Å². The van der Waals surface area contributed by atoms with Gasteiger partial charge in [-0.15, -0.1) is 0 Å². The fraction of sp³-hybridized carbons (Fsp3) is 0.467. The molecule has 106 valence electrons. The standard InChI is InChI=1S/C15H18N2O2S/c1-20-8-2-3-14(18)16-11-6-7-12-13(9-11)19-15(17-12)10-4-5-10/h6-7,9-10H,2-5,8H2,1H3,(H,16,18). The zero-order chi connectivity index (χ0) is 13.9. The number of nitrogens with one attached hydrogen (secondary N) is 1. The molecular formula is C15H18N2O2S. The normalized spacial score (nSPS) is 14.7. The molecule has 1 aliphatic carbocycles. The number of hydrogen-bond donors (Lipinski definition) is 1. The summed E-state index contributed by atoms with van der Waals surface area (Å²) < 4.78 is 5.75. The molecule has 1 saturated carbocycles. The molecule has 4 nitrogen and oxygen atoms in total. The highest BCUT2D eigenvalue weighted by molar-refractivity contribution is 7.98. The van der Waals surface area contributed by atoms with Crippen LogP contribution in [0.15, 0.2) is 22.6 Å². The monoisotopic (exact) mass is 290 g/mol. The summed E-state index contributed by atoms with van der Waals surface area (Å²) in [6.45, 7) is 0. The maximum absolute atomic E-state index is 11.8. The van der Waals surface area contributed by atoms with E-state index in [1.165, 1.54) is 12.8 Å². The van der Waals surface area contributed by atoms with Crippen LogP contribution in [0.4, 0.5) is 5.69 Å². The summed E-state index contributed by atoms with van der Waals surface area (Å²) in [5.74, 6) is 2.41. The second kappa shape index (κ2) is 5.87. The van der Waals surface area contributed by atoms with Crippen molar-refractivity contribution in [1.82, 2.24) is 4.98 Å². The van der Waals surface area contributed by atoms with E-state index in [1.807, 2.05) is 24.5 Å². The molecule has 2 aromatic rings. The van der Waals surface area contributed by atoms with Gasteiger partial charge in [0.1, 0.15) is 5.52 Å². The summed E-state index contributed by atoms with van der Waals surface area (Å²) in [6, 6.07) is 5.65. The number of aromatic nitrogens is 1. The first-order chi connectivity index (χ1) is 9.76. The van der Waals surface area contributed by atoms with Gasteiger partial charge in [0.15, 0.2) is 11.5 Å². The van der Waals surface area contributed by atoms with Gasteiger partial charge in [-0.1, -0.05) is 0 Å². The lowest BCUT2D eigenvalue weighted by molar-refractivity contribution is -0.116. The largest absolute Gasteiger partial charge is 0.440 e. The highest BCUT2D eigenvalue weighted by Gasteiger charge is 2.28. The van der Waals surface area contributed by atoms with E-state index in [9.17, 15) is 4.79 Å². The summed E-state index contributed by atoms with van der Waals surface area (Å²) in [4.78, 5) is 16.3. The lowest BCUT2D eigenvalue weighted by Crippen LogP contribution is -2.11. The van der Waals surface area contributed by atoms with Crippen molar-refractivity contribution in [3.63, 3.8) is 0 Å². The molecule has 0 unspecified atom stereocenters. The zero-order valence-electron chi connectivity index (χ0n) is 11.5. The van der Waals surface area contributed by atoms with E-state index in [0.717, 1.165) is 34.9 Å². The van der Waals surface area contributed by atoms with E-state index in [1.54, 1.807) is 11.8 Å².